The van der Waals surface area contributed by atoms with E-state index in [1.54, 1.807) is 0 Å². The first-order chi connectivity index (χ1) is 22.4. The number of benzene rings is 3. The topological polar surface area (TPSA) is 156 Å². The zero-order chi connectivity index (χ0) is 31.9. The van der Waals surface area contributed by atoms with Crippen molar-refractivity contribution < 1.29 is 33.7 Å². The molecule has 0 spiro atoms. The molecule has 1 aromatic heterocycles. The summed E-state index contributed by atoms with van der Waals surface area (Å²) in [7, 11) is 0. The maximum absolute atomic E-state index is 13.0. The van der Waals surface area contributed by atoms with Gasteiger partial charge in [-0.3, -0.25) is 19.6 Å². The molecule has 0 bridgehead atoms. The number of nitrogens with one attached hydrogen (secondary N) is 2. The molecule has 46 heavy (non-hydrogen) atoms. The molecule has 4 atom stereocenters. The first kappa shape index (κ1) is 31.4. The standard InChI is InChI=1S/C33H33N5O7S/c39-17-22-8-10-24(11-9-22)28-14-26(19-46-32-34-20-35-37-32)44-31(45-28)25-12-6-21(7-13-25)16-38-29(40)15-27(30(38)41)36-33(42)43-18-23-4-2-1-3-5-23/h1-13,20,26-28,31,39H,14-19H2,(H,36,42)(H,34,35,37)/t26-,27?,28+,31+/m0/s1. The van der Waals surface area contributed by atoms with Gasteiger partial charge in [-0.05, 0) is 22.3 Å². The van der Waals surface area contributed by atoms with Gasteiger partial charge in [-0.15, -0.1) is 0 Å². The zero-order valence-electron chi connectivity index (χ0n) is 24.8. The molecule has 1 unspecified atom stereocenters. The Labute approximate surface area is 269 Å². The Hall–Kier alpha value is -4.56. The fourth-order valence-electron chi connectivity index (χ4n) is 5.29. The van der Waals surface area contributed by atoms with Crippen LogP contribution in [0.4, 0.5) is 4.79 Å². The number of imide groups is 1. The number of likely N-dealkylation sites (tertiary alicyclic amines) is 1. The summed E-state index contributed by atoms with van der Waals surface area (Å²) in [5.74, 6) is -0.220. The van der Waals surface area contributed by atoms with E-state index < -0.39 is 24.3 Å². The van der Waals surface area contributed by atoms with E-state index in [2.05, 4.69) is 20.5 Å². The van der Waals surface area contributed by atoms with Crippen molar-refractivity contribution in [3.05, 3.63) is 113 Å². The summed E-state index contributed by atoms with van der Waals surface area (Å²) in [4.78, 5) is 43.3. The Morgan fingerprint density at radius 2 is 1.72 bits per heavy atom. The molecular weight excluding hydrogens is 610 g/mol. The second-order valence-corrected chi connectivity index (χ2v) is 12.0. The van der Waals surface area contributed by atoms with Crippen LogP contribution in [0.5, 0.6) is 0 Å². The van der Waals surface area contributed by atoms with Gasteiger partial charge < -0.3 is 24.6 Å². The van der Waals surface area contributed by atoms with E-state index in [0.717, 1.165) is 32.7 Å². The number of aromatic amines is 1. The molecule has 238 valence electrons. The van der Waals surface area contributed by atoms with Gasteiger partial charge in [0.15, 0.2) is 11.4 Å². The second kappa shape index (κ2) is 14.7. The van der Waals surface area contributed by atoms with Crippen LogP contribution in [0.2, 0.25) is 0 Å². The second-order valence-electron chi connectivity index (χ2n) is 11.0. The van der Waals surface area contributed by atoms with Crippen molar-refractivity contribution in [3.63, 3.8) is 0 Å². The lowest BCUT2D eigenvalue weighted by molar-refractivity contribution is -0.245. The van der Waals surface area contributed by atoms with Gasteiger partial charge in [0, 0.05) is 17.7 Å². The van der Waals surface area contributed by atoms with Gasteiger partial charge in [-0.2, -0.15) is 5.10 Å². The average Bonchev–Trinajstić information content (AvgIpc) is 3.71. The Balaban J connectivity index is 1.08. The quantitative estimate of drug-likeness (QED) is 0.160. The largest absolute Gasteiger partial charge is 0.445 e. The Kier molecular flexibility index (Phi) is 10.0. The number of aliphatic hydroxyl groups excluding tert-OH is 1. The van der Waals surface area contributed by atoms with Crippen molar-refractivity contribution in [2.24, 2.45) is 0 Å². The summed E-state index contributed by atoms with van der Waals surface area (Å²) in [6.45, 7) is 0.0923. The number of hydrogen-bond donors (Lipinski definition) is 3. The zero-order valence-corrected chi connectivity index (χ0v) is 25.6. The first-order valence-corrected chi connectivity index (χ1v) is 15.8. The number of carbonyl (C=O) groups is 3. The molecule has 3 aromatic carbocycles. The van der Waals surface area contributed by atoms with Gasteiger partial charge in [0.1, 0.15) is 19.0 Å². The number of rotatable bonds is 11. The summed E-state index contributed by atoms with van der Waals surface area (Å²) in [6, 6.07) is 23.3. The monoisotopic (exact) mass is 643 g/mol. The van der Waals surface area contributed by atoms with Gasteiger partial charge in [0.05, 0.1) is 31.8 Å². The lowest BCUT2D eigenvalue weighted by Crippen LogP contribution is -2.41. The number of nitrogens with zero attached hydrogens (tertiary/aromatic N) is 3. The molecule has 2 fully saturated rings. The number of aromatic nitrogens is 3. The van der Waals surface area contributed by atoms with Crippen LogP contribution in [-0.2, 0) is 43.6 Å². The maximum atomic E-state index is 13.0. The molecule has 3 amide bonds. The summed E-state index contributed by atoms with van der Waals surface area (Å²) in [6.07, 6.45) is 0.154. The molecule has 0 radical (unpaired) electrons. The fourth-order valence-corrected chi connectivity index (χ4v) is 6.09. The van der Waals surface area contributed by atoms with Gasteiger partial charge in [0.25, 0.3) is 5.91 Å². The fraction of sp³-hybridized carbons (Fsp3) is 0.303. The van der Waals surface area contributed by atoms with Crippen LogP contribution < -0.4 is 5.32 Å². The van der Waals surface area contributed by atoms with E-state index in [1.807, 2.05) is 78.9 Å². The minimum Gasteiger partial charge on any atom is -0.445 e. The van der Waals surface area contributed by atoms with E-state index in [4.69, 9.17) is 14.2 Å². The Morgan fingerprint density at radius 1 is 0.978 bits per heavy atom. The third-order valence-electron chi connectivity index (χ3n) is 7.76. The highest BCUT2D eigenvalue weighted by Gasteiger charge is 2.40. The summed E-state index contributed by atoms with van der Waals surface area (Å²) >= 11 is 1.51. The normalized spacial score (nSPS) is 21.4. The molecule has 2 aliphatic rings. The number of carbonyl (C=O) groups excluding carboxylic acids is 3. The van der Waals surface area contributed by atoms with Crippen molar-refractivity contribution in [2.75, 3.05) is 5.75 Å². The maximum Gasteiger partial charge on any atom is 0.408 e. The third kappa shape index (κ3) is 7.80. The predicted octanol–water partition coefficient (Wildman–Crippen LogP) is 4.19. The molecule has 2 aliphatic heterocycles. The van der Waals surface area contributed by atoms with Crippen LogP contribution in [-0.4, -0.2) is 61.0 Å². The number of alkyl carbamates (subject to hydrolysis) is 1. The Bertz CT molecular complexity index is 1620. The van der Waals surface area contributed by atoms with Crippen LogP contribution in [0.1, 0.15) is 53.1 Å². The van der Waals surface area contributed by atoms with Crippen LogP contribution in [0.25, 0.3) is 0 Å². The summed E-state index contributed by atoms with van der Waals surface area (Å²) in [5, 5.41) is 19.4. The van der Waals surface area contributed by atoms with Crippen molar-refractivity contribution in [1.29, 1.82) is 0 Å². The van der Waals surface area contributed by atoms with Gasteiger partial charge in [0.2, 0.25) is 5.91 Å². The number of H-pyrrole nitrogens is 1. The highest BCUT2D eigenvalue weighted by atomic mass is 32.2. The Morgan fingerprint density at radius 3 is 2.43 bits per heavy atom. The van der Waals surface area contributed by atoms with Crippen LogP contribution >= 0.6 is 11.8 Å². The van der Waals surface area contributed by atoms with E-state index in [9.17, 15) is 19.5 Å². The van der Waals surface area contributed by atoms with Crippen molar-refractivity contribution in [3.8, 4) is 0 Å². The van der Waals surface area contributed by atoms with Gasteiger partial charge in [-0.1, -0.05) is 90.6 Å². The number of aliphatic hydroxyl groups is 1. The number of thioether (sulfide) groups is 1. The van der Waals surface area contributed by atoms with Crippen molar-refractivity contribution in [2.45, 2.75) is 62.3 Å². The smallest absolute Gasteiger partial charge is 0.408 e. The van der Waals surface area contributed by atoms with Crippen LogP contribution in [0.3, 0.4) is 0 Å². The predicted molar refractivity (Wildman–Crippen MR) is 166 cm³/mol. The van der Waals surface area contributed by atoms with E-state index in [0.29, 0.717) is 17.3 Å². The van der Waals surface area contributed by atoms with Gasteiger partial charge in [-0.25, -0.2) is 9.78 Å². The molecule has 2 saturated heterocycles. The summed E-state index contributed by atoms with van der Waals surface area (Å²) in [5.41, 5.74) is 4.14. The molecule has 13 heteroatoms. The minimum atomic E-state index is -0.978. The van der Waals surface area contributed by atoms with Crippen molar-refractivity contribution in [1.82, 2.24) is 25.4 Å². The highest BCUT2D eigenvalue weighted by Crippen LogP contribution is 2.39. The number of amides is 3. The van der Waals surface area contributed by atoms with E-state index in [1.165, 1.54) is 18.1 Å². The summed E-state index contributed by atoms with van der Waals surface area (Å²) < 4.78 is 18.0. The molecule has 6 rings (SSSR count). The van der Waals surface area contributed by atoms with E-state index in [-0.39, 0.29) is 44.3 Å². The van der Waals surface area contributed by atoms with Gasteiger partial charge >= 0.3 is 6.09 Å². The average molecular weight is 644 g/mol. The van der Waals surface area contributed by atoms with Crippen molar-refractivity contribution >= 4 is 29.7 Å². The molecule has 4 aromatic rings. The lowest BCUT2D eigenvalue weighted by Gasteiger charge is -2.36. The molecule has 0 saturated carbocycles. The van der Waals surface area contributed by atoms with E-state index >= 15 is 0 Å². The van der Waals surface area contributed by atoms with Crippen LogP contribution in [0.15, 0.2) is 90.3 Å². The first-order valence-electron chi connectivity index (χ1n) is 14.8. The van der Waals surface area contributed by atoms with Crippen LogP contribution in [0, 0.1) is 0 Å². The SMILES string of the molecule is O=C(NC1CC(=O)N(Cc2ccc([C@@H]3O[C@H](CSc4ncn[nH]4)C[C@H](c4ccc(CO)cc4)O3)cc2)C1=O)OCc1ccccc1. The highest BCUT2D eigenvalue weighted by molar-refractivity contribution is 7.99. The third-order valence-corrected chi connectivity index (χ3v) is 8.76. The molecule has 3 N–H and O–H groups in total. The molecule has 0 aliphatic carbocycles. The number of hydrogen-bond acceptors (Lipinski definition) is 10. The minimum absolute atomic E-state index is 0.0343. The molecule has 12 nitrogen and oxygen atoms in total. The number of ether oxygens (including phenoxy) is 3. The molecular formula is C33H33N5O7S. The molecule has 3 heterocycles. The lowest BCUT2D eigenvalue weighted by atomic mass is 10.0.